The Labute approximate surface area is 133 Å². The highest BCUT2D eigenvalue weighted by Gasteiger charge is 2.16. The number of anilines is 1. The topological polar surface area (TPSA) is 60.5 Å². The van der Waals surface area contributed by atoms with Gasteiger partial charge in [-0.2, -0.15) is 0 Å². The van der Waals surface area contributed by atoms with Gasteiger partial charge in [0.05, 0.1) is 18.8 Å². The van der Waals surface area contributed by atoms with Gasteiger partial charge in [0.25, 0.3) is 5.91 Å². The van der Waals surface area contributed by atoms with Crippen molar-refractivity contribution in [2.45, 2.75) is 18.9 Å². The minimum atomic E-state index is -0.402. The van der Waals surface area contributed by atoms with Gasteiger partial charge in [0.1, 0.15) is 11.9 Å². The average molecular weight is 316 g/mol. The molecule has 1 aliphatic rings. The Bertz CT molecular complexity index is 670. The van der Waals surface area contributed by atoms with E-state index in [9.17, 15) is 9.18 Å². The largest absolute Gasteiger partial charge is 0.474 e. The summed E-state index contributed by atoms with van der Waals surface area (Å²) in [6.45, 7) is 1.39. The van der Waals surface area contributed by atoms with E-state index in [0.29, 0.717) is 30.3 Å². The number of rotatable bonds is 4. The van der Waals surface area contributed by atoms with E-state index in [4.69, 9.17) is 9.47 Å². The van der Waals surface area contributed by atoms with Crippen LogP contribution in [0.3, 0.4) is 0 Å². The SMILES string of the molecule is O=C(Nc1cccc(F)c1)c1ccc(OC2CCOCC2)nc1. The quantitative estimate of drug-likeness (QED) is 0.942. The van der Waals surface area contributed by atoms with Crippen LogP contribution in [0, 0.1) is 5.82 Å². The zero-order chi connectivity index (χ0) is 16.1. The molecule has 1 amide bonds. The lowest BCUT2D eigenvalue weighted by Crippen LogP contribution is -2.26. The molecule has 5 nitrogen and oxygen atoms in total. The molecule has 1 fully saturated rings. The van der Waals surface area contributed by atoms with Gasteiger partial charge in [-0.25, -0.2) is 9.37 Å². The van der Waals surface area contributed by atoms with E-state index in [1.54, 1.807) is 18.2 Å². The Balaban J connectivity index is 1.60. The summed E-state index contributed by atoms with van der Waals surface area (Å²) in [5, 5.41) is 2.62. The summed E-state index contributed by atoms with van der Waals surface area (Å²) < 4.78 is 24.1. The minimum absolute atomic E-state index is 0.100. The molecule has 1 aromatic heterocycles. The van der Waals surface area contributed by atoms with E-state index in [0.717, 1.165) is 12.8 Å². The van der Waals surface area contributed by atoms with E-state index >= 15 is 0 Å². The molecule has 1 N–H and O–H groups in total. The second-order valence-corrected chi connectivity index (χ2v) is 5.28. The monoisotopic (exact) mass is 316 g/mol. The van der Waals surface area contributed by atoms with Crippen LogP contribution in [0.4, 0.5) is 10.1 Å². The van der Waals surface area contributed by atoms with Crippen LogP contribution in [0.15, 0.2) is 42.6 Å². The van der Waals surface area contributed by atoms with Crippen LogP contribution in [0.25, 0.3) is 0 Å². The highest BCUT2D eigenvalue weighted by molar-refractivity contribution is 6.04. The van der Waals surface area contributed by atoms with Crippen molar-refractivity contribution in [3.63, 3.8) is 0 Å². The maximum Gasteiger partial charge on any atom is 0.257 e. The van der Waals surface area contributed by atoms with Crippen LogP contribution in [0.2, 0.25) is 0 Å². The first-order valence-electron chi connectivity index (χ1n) is 7.48. The van der Waals surface area contributed by atoms with E-state index in [2.05, 4.69) is 10.3 Å². The number of pyridine rings is 1. The van der Waals surface area contributed by atoms with E-state index in [-0.39, 0.29) is 12.0 Å². The smallest absolute Gasteiger partial charge is 0.257 e. The van der Waals surface area contributed by atoms with Crippen LogP contribution >= 0.6 is 0 Å². The summed E-state index contributed by atoms with van der Waals surface area (Å²) in [5.41, 5.74) is 0.783. The number of carbonyl (C=O) groups is 1. The van der Waals surface area contributed by atoms with Crippen molar-refractivity contribution in [2.75, 3.05) is 18.5 Å². The Morgan fingerprint density at radius 1 is 1.26 bits per heavy atom. The van der Waals surface area contributed by atoms with Crippen molar-refractivity contribution in [3.05, 3.63) is 54.0 Å². The molecule has 3 rings (SSSR count). The highest BCUT2D eigenvalue weighted by atomic mass is 19.1. The number of amides is 1. The Kier molecular flexibility index (Phi) is 4.83. The summed E-state index contributed by atoms with van der Waals surface area (Å²) in [6, 6.07) is 9.03. The molecule has 2 heterocycles. The average Bonchev–Trinajstić information content (AvgIpc) is 2.56. The first kappa shape index (κ1) is 15.4. The van der Waals surface area contributed by atoms with Gasteiger partial charge in [0.2, 0.25) is 5.88 Å². The fourth-order valence-electron chi connectivity index (χ4n) is 2.32. The first-order chi connectivity index (χ1) is 11.2. The number of ether oxygens (including phenoxy) is 2. The van der Waals surface area contributed by atoms with Crippen LogP contribution in [0.1, 0.15) is 23.2 Å². The van der Waals surface area contributed by atoms with Crippen molar-refractivity contribution >= 4 is 11.6 Å². The normalized spacial score (nSPS) is 15.2. The third-order valence-electron chi connectivity index (χ3n) is 3.54. The fraction of sp³-hybridized carbons (Fsp3) is 0.294. The predicted octanol–water partition coefficient (Wildman–Crippen LogP) is 3.03. The Morgan fingerprint density at radius 3 is 2.78 bits per heavy atom. The minimum Gasteiger partial charge on any atom is -0.474 e. The van der Waals surface area contributed by atoms with E-state index in [1.807, 2.05) is 0 Å². The predicted molar refractivity (Wildman–Crippen MR) is 83.1 cm³/mol. The molecular weight excluding hydrogens is 299 g/mol. The van der Waals surface area contributed by atoms with Crippen LogP contribution in [0.5, 0.6) is 5.88 Å². The molecule has 1 aliphatic heterocycles. The number of nitrogens with zero attached hydrogens (tertiary/aromatic N) is 1. The third kappa shape index (κ3) is 4.26. The molecule has 120 valence electrons. The summed E-state index contributed by atoms with van der Waals surface area (Å²) in [7, 11) is 0. The van der Waals surface area contributed by atoms with E-state index < -0.39 is 5.82 Å². The number of hydrogen-bond donors (Lipinski definition) is 1. The van der Waals surface area contributed by atoms with Gasteiger partial charge in [-0.1, -0.05) is 6.07 Å². The summed E-state index contributed by atoms with van der Waals surface area (Å²) in [6.07, 6.45) is 3.22. The molecule has 0 spiro atoms. The number of halogens is 1. The van der Waals surface area contributed by atoms with Gasteiger partial charge in [0.15, 0.2) is 0 Å². The molecule has 1 saturated heterocycles. The van der Waals surface area contributed by atoms with Gasteiger partial charge in [0, 0.05) is 30.8 Å². The van der Waals surface area contributed by atoms with Gasteiger partial charge in [-0.15, -0.1) is 0 Å². The van der Waals surface area contributed by atoms with Crippen molar-refractivity contribution in [1.82, 2.24) is 4.98 Å². The lowest BCUT2D eigenvalue weighted by atomic mass is 10.1. The number of hydrogen-bond acceptors (Lipinski definition) is 4. The zero-order valence-electron chi connectivity index (χ0n) is 12.5. The number of nitrogens with one attached hydrogen (secondary N) is 1. The summed E-state index contributed by atoms with van der Waals surface area (Å²) >= 11 is 0. The molecule has 0 atom stereocenters. The molecule has 0 radical (unpaired) electrons. The van der Waals surface area contributed by atoms with Gasteiger partial charge in [-0.3, -0.25) is 4.79 Å². The standard InChI is InChI=1S/C17H17FN2O3/c18-13-2-1-3-14(10-13)20-17(21)12-4-5-16(19-11-12)23-15-6-8-22-9-7-15/h1-5,10-11,15H,6-9H2,(H,20,21). The zero-order valence-corrected chi connectivity index (χ0v) is 12.5. The highest BCUT2D eigenvalue weighted by Crippen LogP contribution is 2.17. The number of carbonyl (C=O) groups excluding carboxylic acids is 1. The van der Waals surface area contributed by atoms with E-state index in [1.165, 1.54) is 24.4 Å². The lowest BCUT2D eigenvalue weighted by Gasteiger charge is -2.22. The molecule has 6 heteroatoms. The van der Waals surface area contributed by atoms with Gasteiger partial charge >= 0.3 is 0 Å². The van der Waals surface area contributed by atoms with Gasteiger partial charge in [-0.05, 0) is 24.3 Å². The molecule has 1 aromatic carbocycles. The van der Waals surface area contributed by atoms with Crippen LogP contribution in [-0.2, 0) is 4.74 Å². The molecule has 0 bridgehead atoms. The number of aromatic nitrogens is 1. The molecule has 2 aromatic rings. The maximum atomic E-state index is 13.1. The Morgan fingerprint density at radius 2 is 2.09 bits per heavy atom. The molecule has 0 aliphatic carbocycles. The maximum absolute atomic E-state index is 13.1. The second kappa shape index (κ2) is 7.19. The second-order valence-electron chi connectivity index (χ2n) is 5.28. The molecular formula is C17H17FN2O3. The van der Waals surface area contributed by atoms with Crippen molar-refractivity contribution < 1.29 is 18.7 Å². The van der Waals surface area contributed by atoms with Gasteiger partial charge < -0.3 is 14.8 Å². The Hall–Kier alpha value is -2.47. The van der Waals surface area contributed by atoms with Crippen LogP contribution < -0.4 is 10.1 Å². The molecule has 23 heavy (non-hydrogen) atoms. The summed E-state index contributed by atoms with van der Waals surface area (Å²) in [5.74, 6) is -0.263. The third-order valence-corrected chi connectivity index (χ3v) is 3.54. The first-order valence-corrected chi connectivity index (χ1v) is 7.48. The van der Waals surface area contributed by atoms with Crippen LogP contribution in [-0.4, -0.2) is 30.2 Å². The van der Waals surface area contributed by atoms with Crippen molar-refractivity contribution in [1.29, 1.82) is 0 Å². The lowest BCUT2D eigenvalue weighted by molar-refractivity contribution is 0.0237. The van der Waals surface area contributed by atoms with Crippen molar-refractivity contribution in [2.24, 2.45) is 0 Å². The fourth-order valence-corrected chi connectivity index (χ4v) is 2.32. The molecule has 0 unspecified atom stereocenters. The number of benzene rings is 1. The summed E-state index contributed by atoms with van der Waals surface area (Å²) in [4.78, 5) is 16.3. The van der Waals surface area contributed by atoms with Crippen molar-refractivity contribution in [3.8, 4) is 5.88 Å². The molecule has 0 saturated carbocycles.